The second-order valence-electron chi connectivity index (χ2n) is 5.92. The number of amides is 2. The van der Waals surface area contributed by atoms with E-state index < -0.39 is 0 Å². The van der Waals surface area contributed by atoms with Crippen molar-refractivity contribution in [3.05, 3.63) is 23.8 Å². The Bertz CT molecular complexity index is 535. The monoisotopic (exact) mass is 292 g/mol. The Kier molecular flexibility index (Phi) is 4.38. The standard InChI is InChI=1S/C15H20N2O2S/c1-15(2,3)14(19)16-7-6-10-4-5-12-11(8-10)17-13(18)9-20-12/h4-5,8H,6-7,9H2,1-3H3,(H,16,19)(H,17,18). The van der Waals surface area contributed by atoms with E-state index in [-0.39, 0.29) is 17.2 Å². The van der Waals surface area contributed by atoms with E-state index in [0.29, 0.717) is 12.3 Å². The second kappa shape index (κ2) is 5.87. The van der Waals surface area contributed by atoms with Crippen LogP contribution in [0.5, 0.6) is 0 Å². The molecule has 0 saturated carbocycles. The van der Waals surface area contributed by atoms with Gasteiger partial charge in [-0.3, -0.25) is 9.59 Å². The predicted octanol–water partition coefficient (Wildman–Crippen LogP) is 2.44. The molecule has 2 N–H and O–H groups in total. The fourth-order valence-electron chi connectivity index (χ4n) is 1.87. The summed E-state index contributed by atoms with van der Waals surface area (Å²) in [7, 11) is 0. The minimum Gasteiger partial charge on any atom is -0.355 e. The average Bonchev–Trinajstić information content (AvgIpc) is 2.37. The highest BCUT2D eigenvalue weighted by molar-refractivity contribution is 8.00. The molecule has 0 radical (unpaired) electrons. The lowest BCUT2D eigenvalue weighted by atomic mass is 9.95. The van der Waals surface area contributed by atoms with Crippen LogP contribution in [0, 0.1) is 5.41 Å². The van der Waals surface area contributed by atoms with Crippen LogP contribution in [-0.4, -0.2) is 24.1 Å². The van der Waals surface area contributed by atoms with Crippen molar-refractivity contribution in [2.75, 3.05) is 17.6 Å². The van der Waals surface area contributed by atoms with Gasteiger partial charge in [-0.15, -0.1) is 11.8 Å². The summed E-state index contributed by atoms with van der Waals surface area (Å²) in [6.45, 7) is 6.30. The maximum atomic E-state index is 11.8. The molecule has 2 rings (SSSR count). The molecule has 20 heavy (non-hydrogen) atoms. The first kappa shape index (κ1) is 14.9. The average molecular weight is 292 g/mol. The summed E-state index contributed by atoms with van der Waals surface area (Å²) in [6.07, 6.45) is 0.760. The topological polar surface area (TPSA) is 58.2 Å². The molecule has 1 aliphatic heterocycles. The van der Waals surface area contributed by atoms with Crippen LogP contribution in [0.15, 0.2) is 23.1 Å². The number of carbonyl (C=O) groups is 2. The number of hydrogen-bond donors (Lipinski definition) is 2. The quantitative estimate of drug-likeness (QED) is 0.899. The Labute approximate surface area is 123 Å². The lowest BCUT2D eigenvalue weighted by Crippen LogP contribution is -2.35. The van der Waals surface area contributed by atoms with Crippen LogP contribution in [0.1, 0.15) is 26.3 Å². The first-order chi connectivity index (χ1) is 9.36. The van der Waals surface area contributed by atoms with Gasteiger partial charge in [-0.05, 0) is 24.1 Å². The number of rotatable bonds is 3. The molecular weight excluding hydrogens is 272 g/mol. The normalized spacial score (nSPS) is 14.4. The van der Waals surface area contributed by atoms with Gasteiger partial charge in [0.1, 0.15) is 0 Å². The van der Waals surface area contributed by atoms with Crippen LogP contribution in [0.25, 0.3) is 0 Å². The molecule has 0 aromatic heterocycles. The smallest absolute Gasteiger partial charge is 0.234 e. The molecule has 1 aromatic rings. The van der Waals surface area contributed by atoms with E-state index in [9.17, 15) is 9.59 Å². The highest BCUT2D eigenvalue weighted by Gasteiger charge is 2.20. The predicted molar refractivity (Wildman–Crippen MR) is 82.0 cm³/mol. The van der Waals surface area contributed by atoms with Gasteiger partial charge >= 0.3 is 0 Å². The third kappa shape index (κ3) is 3.76. The molecule has 4 nitrogen and oxygen atoms in total. The number of fused-ring (bicyclic) bond motifs is 1. The van der Waals surface area contributed by atoms with Gasteiger partial charge in [-0.2, -0.15) is 0 Å². The van der Waals surface area contributed by atoms with E-state index >= 15 is 0 Å². The molecule has 0 fully saturated rings. The van der Waals surface area contributed by atoms with Gasteiger partial charge in [0.15, 0.2) is 0 Å². The third-order valence-electron chi connectivity index (χ3n) is 3.06. The fraction of sp³-hybridized carbons (Fsp3) is 0.467. The number of anilines is 1. The lowest BCUT2D eigenvalue weighted by Gasteiger charge is -2.19. The zero-order valence-corrected chi connectivity index (χ0v) is 12.9. The maximum absolute atomic E-state index is 11.8. The highest BCUT2D eigenvalue weighted by Crippen LogP contribution is 2.31. The molecular formula is C15H20N2O2S. The van der Waals surface area contributed by atoms with E-state index in [1.807, 2.05) is 39.0 Å². The Hall–Kier alpha value is -1.49. The van der Waals surface area contributed by atoms with Crippen LogP contribution in [0.3, 0.4) is 0 Å². The first-order valence-corrected chi connectivity index (χ1v) is 7.69. The van der Waals surface area contributed by atoms with Gasteiger partial charge in [0.2, 0.25) is 11.8 Å². The van der Waals surface area contributed by atoms with Crippen LogP contribution < -0.4 is 10.6 Å². The molecule has 0 spiro atoms. The summed E-state index contributed by atoms with van der Waals surface area (Å²) in [5.74, 6) is 0.577. The summed E-state index contributed by atoms with van der Waals surface area (Å²) in [5.41, 5.74) is 1.63. The largest absolute Gasteiger partial charge is 0.355 e. The first-order valence-electron chi connectivity index (χ1n) is 6.70. The van der Waals surface area contributed by atoms with Crippen LogP contribution in [0.2, 0.25) is 0 Å². The molecule has 0 bridgehead atoms. The zero-order valence-electron chi connectivity index (χ0n) is 12.1. The van der Waals surface area contributed by atoms with Crippen molar-refractivity contribution in [1.82, 2.24) is 5.32 Å². The molecule has 0 saturated heterocycles. The Morgan fingerprint density at radius 1 is 1.40 bits per heavy atom. The molecule has 108 valence electrons. The summed E-state index contributed by atoms with van der Waals surface area (Å²) < 4.78 is 0. The van der Waals surface area contributed by atoms with Gasteiger partial charge < -0.3 is 10.6 Å². The number of hydrogen-bond acceptors (Lipinski definition) is 3. The van der Waals surface area contributed by atoms with E-state index in [2.05, 4.69) is 10.6 Å². The summed E-state index contributed by atoms with van der Waals surface area (Å²) >= 11 is 1.56. The van der Waals surface area contributed by atoms with Crippen LogP contribution >= 0.6 is 11.8 Å². The molecule has 0 atom stereocenters. The maximum Gasteiger partial charge on any atom is 0.234 e. The zero-order chi connectivity index (χ0) is 14.8. The van der Waals surface area contributed by atoms with Gasteiger partial charge in [-0.25, -0.2) is 0 Å². The SMILES string of the molecule is CC(C)(C)C(=O)NCCc1ccc2c(c1)NC(=O)CS2. The van der Waals surface area contributed by atoms with E-state index in [1.54, 1.807) is 11.8 Å². The molecule has 5 heteroatoms. The fourth-order valence-corrected chi connectivity index (χ4v) is 2.66. The molecule has 1 heterocycles. The van der Waals surface area contributed by atoms with Crippen molar-refractivity contribution in [1.29, 1.82) is 0 Å². The minimum atomic E-state index is -0.361. The van der Waals surface area contributed by atoms with Gasteiger partial charge in [-0.1, -0.05) is 26.8 Å². The van der Waals surface area contributed by atoms with Crippen molar-refractivity contribution in [2.24, 2.45) is 5.41 Å². The summed E-state index contributed by atoms with van der Waals surface area (Å²) in [5, 5.41) is 5.81. The van der Waals surface area contributed by atoms with E-state index in [1.165, 1.54) is 0 Å². The van der Waals surface area contributed by atoms with Gasteiger partial charge in [0, 0.05) is 16.9 Å². The van der Waals surface area contributed by atoms with Gasteiger partial charge in [0.25, 0.3) is 0 Å². The third-order valence-corrected chi connectivity index (χ3v) is 4.13. The summed E-state index contributed by atoms with van der Waals surface area (Å²) in [6, 6.07) is 6.07. The number of thioether (sulfide) groups is 1. The van der Waals surface area contributed by atoms with Crippen molar-refractivity contribution in [3.8, 4) is 0 Å². The van der Waals surface area contributed by atoms with Crippen molar-refractivity contribution >= 4 is 29.3 Å². The molecule has 0 aliphatic carbocycles. The van der Waals surface area contributed by atoms with Crippen LogP contribution in [0.4, 0.5) is 5.69 Å². The Balaban J connectivity index is 1.93. The number of benzene rings is 1. The van der Waals surface area contributed by atoms with Crippen molar-refractivity contribution < 1.29 is 9.59 Å². The lowest BCUT2D eigenvalue weighted by molar-refractivity contribution is -0.128. The van der Waals surface area contributed by atoms with E-state index in [0.717, 1.165) is 22.6 Å². The molecule has 0 unspecified atom stereocenters. The number of nitrogens with one attached hydrogen (secondary N) is 2. The van der Waals surface area contributed by atoms with Crippen molar-refractivity contribution in [3.63, 3.8) is 0 Å². The van der Waals surface area contributed by atoms with Crippen molar-refractivity contribution in [2.45, 2.75) is 32.1 Å². The van der Waals surface area contributed by atoms with E-state index in [4.69, 9.17) is 0 Å². The minimum absolute atomic E-state index is 0.0423. The second-order valence-corrected chi connectivity index (χ2v) is 6.94. The molecule has 1 aliphatic rings. The molecule has 1 aromatic carbocycles. The summed E-state index contributed by atoms with van der Waals surface area (Å²) in [4.78, 5) is 24.2. The number of carbonyl (C=O) groups excluding carboxylic acids is 2. The Morgan fingerprint density at radius 2 is 2.15 bits per heavy atom. The highest BCUT2D eigenvalue weighted by atomic mass is 32.2. The van der Waals surface area contributed by atoms with Gasteiger partial charge in [0.05, 0.1) is 11.4 Å². The van der Waals surface area contributed by atoms with Crippen LogP contribution in [-0.2, 0) is 16.0 Å². The molecule has 2 amide bonds. The Morgan fingerprint density at radius 3 is 2.85 bits per heavy atom.